The fourth-order valence-corrected chi connectivity index (χ4v) is 2.33. The molecule has 0 aromatic heterocycles. The number of carbonyl (C=O) groups is 2. The Balaban J connectivity index is 2.81. The summed E-state index contributed by atoms with van der Waals surface area (Å²) < 4.78 is 5.18. The predicted octanol–water partition coefficient (Wildman–Crippen LogP) is 3.29. The second-order valence-electron chi connectivity index (χ2n) is 7.99. The first-order chi connectivity index (χ1) is 11.3. The number of alkyl carbamates (subject to hydrolysis) is 1. The van der Waals surface area contributed by atoms with Crippen molar-refractivity contribution >= 4 is 12.1 Å². The largest absolute Gasteiger partial charge is 0.481 e. The van der Waals surface area contributed by atoms with Crippen molar-refractivity contribution in [2.75, 3.05) is 0 Å². The molecule has 0 aliphatic rings. The lowest BCUT2D eigenvalue weighted by atomic mass is 9.85. The van der Waals surface area contributed by atoms with Gasteiger partial charge in [0, 0.05) is 0 Å². The van der Waals surface area contributed by atoms with Gasteiger partial charge in [0.05, 0.1) is 17.6 Å². The molecule has 6 nitrogen and oxygen atoms in total. The molecule has 1 aromatic rings. The minimum atomic E-state index is -0.930. The third kappa shape index (κ3) is 6.74. The molecule has 1 amide bonds. The topological polar surface area (TPSA) is 95.9 Å². The van der Waals surface area contributed by atoms with E-state index in [1.165, 1.54) is 0 Å². The number of aliphatic hydroxyl groups excluding tert-OH is 1. The molecule has 1 rings (SSSR count). The van der Waals surface area contributed by atoms with E-state index >= 15 is 0 Å². The number of carbonyl (C=O) groups excluding carboxylic acids is 1. The van der Waals surface area contributed by atoms with E-state index < -0.39 is 35.2 Å². The molecule has 0 aliphatic heterocycles. The zero-order chi connectivity index (χ0) is 19.4. The van der Waals surface area contributed by atoms with Gasteiger partial charge >= 0.3 is 12.1 Å². The highest BCUT2D eigenvalue weighted by atomic mass is 16.6. The number of benzene rings is 1. The molecule has 0 heterocycles. The minimum Gasteiger partial charge on any atom is -0.481 e. The number of aliphatic carboxylic acids is 1. The Morgan fingerprint density at radius 2 is 1.80 bits per heavy atom. The first-order valence-corrected chi connectivity index (χ1v) is 8.31. The molecule has 0 aliphatic carbocycles. The lowest BCUT2D eigenvalue weighted by Crippen LogP contribution is -2.40. The maximum atomic E-state index is 11.8. The Bertz CT molecular complexity index is 618. The fraction of sp³-hybridized carbons (Fsp3) is 0.579. The first kappa shape index (κ1) is 21.0. The van der Waals surface area contributed by atoms with Crippen molar-refractivity contribution in [1.29, 1.82) is 0 Å². The number of amides is 1. The second kappa shape index (κ2) is 7.87. The van der Waals surface area contributed by atoms with Crippen molar-refractivity contribution in [3.8, 4) is 0 Å². The van der Waals surface area contributed by atoms with Crippen LogP contribution in [0.2, 0.25) is 0 Å². The Labute approximate surface area is 149 Å². The highest BCUT2D eigenvalue weighted by molar-refractivity contribution is 5.74. The number of carboxylic acid groups (broad SMARTS) is 1. The van der Waals surface area contributed by atoms with Crippen LogP contribution in [0.3, 0.4) is 0 Å². The summed E-state index contributed by atoms with van der Waals surface area (Å²) in [5.41, 5.74) is -0.0863. The Hall–Kier alpha value is -2.08. The Morgan fingerprint density at radius 1 is 1.20 bits per heavy atom. The van der Waals surface area contributed by atoms with E-state index in [2.05, 4.69) is 5.32 Å². The summed E-state index contributed by atoms with van der Waals surface area (Å²) in [4.78, 5) is 23.1. The van der Waals surface area contributed by atoms with Crippen LogP contribution in [-0.4, -0.2) is 33.9 Å². The van der Waals surface area contributed by atoms with E-state index in [0.29, 0.717) is 12.0 Å². The molecule has 6 heteroatoms. The number of ether oxygens (including phenoxy) is 1. The quantitative estimate of drug-likeness (QED) is 0.731. The Morgan fingerprint density at radius 3 is 2.32 bits per heavy atom. The van der Waals surface area contributed by atoms with Gasteiger partial charge in [0.1, 0.15) is 5.60 Å². The van der Waals surface area contributed by atoms with Crippen LogP contribution in [0.4, 0.5) is 4.79 Å². The van der Waals surface area contributed by atoms with Gasteiger partial charge in [-0.1, -0.05) is 24.3 Å². The predicted molar refractivity (Wildman–Crippen MR) is 95.4 cm³/mol. The van der Waals surface area contributed by atoms with Crippen LogP contribution in [-0.2, 0) is 16.0 Å². The number of carboxylic acids is 1. The Kier molecular flexibility index (Phi) is 6.60. The average molecular weight is 351 g/mol. The monoisotopic (exact) mass is 351 g/mol. The molecule has 25 heavy (non-hydrogen) atoms. The van der Waals surface area contributed by atoms with Crippen LogP contribution in [0, 0.1) is 5.41 Å². The molecule has 0 bridgehead atoms. The van der Waals surface area contributed by atoms with Crippen LogP contribution in [0.1, 0.15) is 58.8 Å². The van der Waals surface area contributed by atoms with E-state index in [1.807, 2.05) is 6.07 Å². The van der Waals surface area contributed by atoms with Gasteiger partial charge in [-0.2, -0.15) is 0 Å². The van der Waals surface area contributed by atoms with Gasteiger partial charge in [0.2, 0.25) is 0 Å². The van der Waals surface area contributed by atoms with E-state index in [4.69, 9.17) is 4.74 Å². The average Bonchev–Trinajstić information content (AvgIpc) is 2.43. The molecular formula is C19H29NO5. The van der Waals surface area contributed by atoms with E-state index in [1.54, 1.807) is 59.7 Å². The van der Waals surface area contributed by atoms with Crippen molar-refractivity contribution < 1.29 is 24.5 Å². The number of nitrogens with one attached hydrogen (secondary N) is 1. The van der Waals surface area contributed by atoms with E-state index in [-0.39, 0.29) is 0 Å². The normalized spacial score (nSPS) is 14.5. The minimum absolute atomic E-state index is 0.344. The summed E-state index contributed by atoms with van der Waals surface area (Å²) >= 11 is 0. The molecule has 0 saturated heterocycles. The van der Waals surface area contributed by atoms with Crippen LogP contribution < -0.4 is 5.32 Å². The number of hydrogen-bond acceptors (Lipinski definition) is 4. The van der Waals surface area contributed by atoms with Gasteiger partial charge in [0.25, 0.3) is 0 Å². The molecule has 0 radical (unpaired) electrons. The van der Waals surface area contributed by atoms with E-state index in [0.717, 1.165) is 5.56 Å². The molecule has 0 fully saturated rings. The lowest BCUT2D eigenvalue weighted by Gasteiger charge is -2.25. The molecule has 2 atom stereocenters. The molecule has 3 N–H and O–H groups in total. The van der Waals surface area contributed by atoms with Crippen molar-refractivity contribution in [2.24, 2.45) is 5.41 Å². The maximum Gasteiger partial charge on any atom is 0.407 e. The first-order valence-electron chi connectivity index (χ1n) is 8.31. The standard InChI is InChI=1S/C19H29NO5/c1-12(20-17(24)25-18(2,3)4)15(21)14-9-7-8-13(10-14)11-19(5,6)16(22)23/h7-10,12,15,21H,11H2,1-6H3,(H,20,24)(H,22,23). The summed E-state index contributed by atoms with van der Waals surface area (Å²) in [5, 5.41) is 22.3. The van der Waals surface area contributed by atoms with Gasteiger partial charge in [0.15, 0.2) is 0 Å². The highest BCUT2D eigenvalue weighted by Crippen LogP contribution is 2.25. The van der Waals surface area contributed by atoms with Crippen molar-refractivity contribution in [2.45, 2.75) is 65.7 Å². The van der Waals surface area contributed by atoms with Crippen molar-refractivity contribution in [3.63, 3.8) is 0 Å². The summed E-state index contributed by atoms with van der Waals surface area (Å²) in [6, 6.07) is 6.55. The third-order valence-electron chi connectivity index (χ3n) is 3.74. The summed E-state index contributed by atoms with van der Waals surface area (Å²) in [5.74, 6) is -0.876. The van der Waals surface area contributed by atoms with Crippen LogP contribution in [0.15, 0.2) is 24.3 Å². The molecule has 0 spiro atoms. The SMILES string of the molecule is CC(NC(=O)OC(C)(C)C)C(O)c1cccc(CC(C)(C)C(=O)O)c1. The van der Waals surface area contributed by atoms with Crippen molar-refractivity contribution in [1.82, 2.24) is 5.32 Å². The molecule has 0 saturated carbocycles. The van der Waals surface area contributed by atoms with Crippen LogP contribution >= 0.6 is 0 Å². The van der Waals surface area contributed by atoms with Gasteiger partial charge in [-0.25, -0.2) is 4.79 Å². The lowest BCUT2D eigenvalue weighted by molar-refractivity contribution is -0.146. The summed E-state index contributed by atoms with van der Waals surface area (Å²) in [6.07, 6.45) is -1.18. The summed E-state index contributed by atoms with van der Waals surface area (Å²) in [6.45, 7) is 10.3. The summed E-state index contributed by atoms with van der Waals surface area (Å²) in [7, 11) is 0. The van der Waals surface area contributed by atoms with E-state index in [9.17, 15) is 19.8 Å². The van der Waals surface area contributed by atoms with Gasteiger partial charge in [-0.3, -0.25) is 4.79 Å². The smallest absolute Gasteiger partial charge is 0.407 e. The maximum absolute atomic E-state index is 11.8. The van der Waals surface area contributed by atoms with Gasteiger partial charge < -0.3 is 20.3 Å². The van der Waals surface area contributed by atoms with Crippen LogP contribution in [0.5, 0.6) is 0 Å². The second-order valence-corrected chi connectivity index (χ2v) is 7.99. The zero-order valence-electron chi connectivity index (χ0n) is 15.8. The molecule has 1 aromatic carbocycles. The van der Waals surface area contributed by atoms with Gasteiger partial charge in [-0.05, 0) is 59.1 Å². The molecule has 140 valence electrons. The van der Waals surface area contributed by atoms with Crippen molar-refractivity contribution in [3.05, 3.63) is 35.4 Å². The highest BCUT2D eigenvalue weighted by Gasteiger charge is 2.28. The molecular weight excluding hydrogens is 322 g/mol. The third-order valence-corrected chi connectivity index (χ3v) is 3.74. The zero-order valence-corrected chi connectivity index (χ0v) is 15.8. The molecule has 2 unspecified atom stereocenters. The number of rotatable bonds is 6. The van der Waals surface area contributed by atoms with Crippen LogP contribution in [0.25, 0.3) is 0 Å². The van der Waals surface area contributed by atoms with Gasteiger partial charge in [-0.15, -0.1) is 0 Å². The fourth-order valence-electron chi connectivity index (χ4n) is 2.33. The number of hydrogen-bond donors (Lipinski definition) is 3. The number of aliphatic hydroxyl groups is 1.